The van der Waals surface area contributed by atoms with Gasteiger partial charge in [0.05, 0.1) is 28.4 Å². The fourth-order valence-electron chi connectivity index (χ4n) is 5.81. The number of benzene rings is 2. The summed E-state index contributed by atoms with van der Waals surface area (Å²) in [6, 6.07) is 12.5. The number of carbonyl (C=O) groups excluding carboxylic acids is 1. The molecule has 5 N–H and O–H groups in total. The standard InChI is InChI=1S/C35H36N2O12/c1-2-3-4-5-25-30-20(12-13-36-30)16-37(25)49-34-33(44)32(43)27(18-46-29(41)15-28(39)40)48-35(34)47-22-10-11-23-26(14-22)45-17-24(31(23)42)19-6-8-21(38)9-7-19/h6-14,16-17,27,32-36,38,43-44H,2-5,15,18H2,1H3,(H,39,40)/t27-,32-,33+,34-,35-/m0/s1. The lowest BCUT2D eigenvalue weighted by Crippen LogP contribution is -2.63. The van der Waals surface area contributed by atoms with Crippen molar-refractivity contribution in [1.29, 1.82) is 0 Å². The molecule has 5 atom stereocenters. The maximum atomic E-state index is 13.3. The molecule has 0 bridgehead atoms. The third-order valence-electron chi connectivity index (χ3n) is 8.37. The number of unbranched alkanes of at least 4 members (excludes halogenated alkanes) is 2. The first-order valence-corrected chi connectivity index (χ1v) is 15.9. The molecule has 0 saturated carbocycles. The Balaban J connectivity index is 1.30. The van der Waals surface area contributed by atoms with Gasteiger partial charge in [-0.1, -0.05) is 31.9 Å². The number of esters is 1. The molecule has 0 spiro atoms. The number of hydrogen-bond acceptors (Lipinski definition) is 11. The quantitative estimate of drug-likeness (QED) is 0.0691. The molecule has 4 heterocycles. The van der Waals surface area contributed by atoms with Crippen molar-refractivity contribution in [1.82, 2.24) is 9.71 Å². The van der Waals surface area contributed by atoms with E-state index in [1.165, 1.54) is 41.3 Å². The number of carboxylic acid groups (broad SMARTS) is 1. The molecular weight excluding hydrogens is 640 g/mol. The highest BCUT2D eigenvalue weighted by Crippen LogP contribution is 2.30. The second-order valence-corrected chi connectivity index (χ2v) is 11.8. The Morgan fingerprint density at radius 1 is 1.04 bits per heavy atom. The lowest BCUT2D eigenvalue weighted by atomic mass is 9.99. The molecule has 6 rings (SSSR count). The van der Waals surface area contributed by atoms with Crippen molar-refractivity contribution >= 4 is 33.8 Å². The van der Waals surface area contributed by atoms with Crippen LogP contribution >= 0.6 is 0 Å². The number of phenols is 1. The monoisotopic (exact) mass is 676 g/mol. The van der Waals surface area contributed by atoms with Crippen LogP contribution in [0.15, 0.2) is 76.4 Å². The van der Waals surface area contributed by atoms with E-state index in [9.17, 15) is 29.7 Å². The molecular formula is C35H36N2O12. The number of nitrogens with zero attached hydrogens (tertiary/aromatic N) is 1. The van der Waals surface area contributed by atoms with Crippen LogP contribution in [-0.4, -0.2) is 79.4 Å². The van der Waals surface area contributed by atoms with Crippen molar-refractivity contribution in [3.63, 3.8) is 0 Å². The number of aromatic nitrogens is 2. The second-order valence-electron chi connectivity index (χ2n) is 11.8. The predicted molar refractivity (Wildman–Crippen MR) is 174 cm³/mol. The van der Waals surface area contributed by atoms with Crippen LogP contribution in [0.2, 0.25) is 0 Å². The highest BCUT2D eigenvalue weighted by atomic mass is 16.8. The summed E-state index contributed by atoms with van der Waals surface area (Å²) in [7, 11) is 0. The number of aryl methyl sites for hydroxylation is 1. The molecule has 2 aromatic carbocycles. The van der Waals surface area contributed by atoms with E-state index in [-0.39, 0.29) is 27.9 Å². The van der Waals surface area contributed by atoms with Crippen molar-refractivity contribution in [3.05, 3.63) is 83.1 Å². The smallest absolute Gasteiger partial charge is 0.317 e. The number of phenolic OH excluding ortho intramolecular Hbond substituents is 1. The Bertz CT molecular complexity index is 2000. The number of rotatable bonds is 13. The summed E-state index contributed by atoms with van der Waals surface area (Å²) >= 11 is 0. The maximum absolute atomic E-state index is 13.3. The van der Waals surface area contributed by atoms with E-state index in [0.29, 0.717) is 17.5 Å². The van der Waals surface area contributed by atoms with Crippen molar-refractivity contribution in [2.75, 3.05) is 6.61 Å². The van der Waals surface area contributed by atoms with Crippen LogP contribution in [0.3, 0.4) is 0 Å². The van der Waals surface area contributed by atoms with Gasteiger partial charge >= 0.3 is 11.9 Å². The number of aromatic hydroxyl groups is 1. The summed E-state index contributed by atoms with van der Waals surface area (Å²) in [6.45, 7) is 1.53. The van der Waals surface area contributed by atoms with Crippen LogP contribution in [0.1, 0.15) is 38.3 Å². The van der Waals surface area contributed by atoms with Gasteiger partial charge in [0.25, 0.3) is 0 Å². The summed E-state index contributed by atoms with van der Waals surface area (Å²) in [4.78, 5) is 45.7. The number of fused-ring (bicyclic) bond motifs is 2. The lowest BCUT2D eigenvalue weighted by molar-refractivity contribution is -0.288. The molecule has 0 amide bonds. The molecule has 258 valence electrons. The molecule has 1 saturated heterocycles. The van der Waals surface area contributed by atoms with Gasteiger partial charge in [-0.05, 0) is 48.7 Å². The van der Waals surface area contributed by atoms with Crippen LogP contribution in [-0.2, 0) is 25.5 Å². The molecule has 1 aliphatic heterocycles. The maximum Gasteiger partial charge on any atom is 0.317 e. The Kier molecular flexibility index (Phi) is 9.90. The largest absolute Gasteiger partial charge is 0.508 e. The Labute approximate surface area is 279 Å². The van der Waals surface area contributed by atoms with Gasteiger partial charge in [0, 0.05) is 17.6 Å². The summed E-state index contributed by atoms with van der Waals surface area (Å²) in [5.41, 5.74) is 2.41. The van der Waals surface area contributed by atoms with Crippen LogP contribution in [0.5, 0.6) is 11.5 Å². The molecule has 1 aliphatic rings. The number of carbonyl (C=O) groups is 2. The number of aliphatic hydroxyl groups is 2. The number of nitrogens with one attached hydrogen (secondary N) is 1. The molecule has 1 fully saturated rings. The average Bonchev–Trinajstić information content (AvgIpc) is 3.66. The highest BCUT2D eigenvalue weighted by Gasteiger charge is 2.49. The Morgan fingerprint density at radius 3 is 2.59 bits per heavy atom. The zero-order valence-corrected chi connectivity index (χ0v) is 26.5. The van der Waals surface area contributed by atoms with Crippen LogP contribution < -0.4 is 15.0 Å². The summed E-state index contributed by atoms with van der Waals surface area (Å²) in [6.07, 6.45) is 0.261. The summed E-state index contributed by atoms with van der Waals surface area (Å²) < 4.78 is 24.5. The van der Waals surface area contributed by atoms with E-state index < -0.39 is 55.7 Å². The van der Waals surface area contributed by atoms with Gasteiger partial charge < -0.3 is 48.9 Å². The zero-order valence-electron chi connectivity index (χ0n) is 26.5. The van der Waals surface area contributed by atoms with Crippen molar-refractivity contribution < 1.29 is 53.5 Å². The minimum Gasteiger partial charge on any atom is -0.508 e. The molecule has 5 aromatic rings. The zero-order chi connectivity index (χ0) is 34.7. The van der Waals surface area contributed by atoms with Gasteiger partial charge in [-0.15, -0.1) is 0 Å². The number of aliphatic carboxylic acids is 1. The third-order valence-corrected chi connectivity index (χ3v) is 8.37. The molecule has 49 heavy (non-hydrogen) atoms. The minimum absolute atomic E-state index is 0.0586. The Hall–Kier alpha value is -5.31. The number of H-pyrrole nitrogens is 1. The number of ether oxygens (including phenoxy) is 3. The number of aromatic amines is 1. The normalized spacial score (nSPS) is 20.8. The van der Waals surface area contributed by atoms with Gasteiger partial charge in [-0.3, -0.25) is 14.4 Å². The minimum atomic E-state index is -1.61. The number of hydrogen-bond donors (Lipinski definition) is 5. The van der Waals surface area contributed by atoms with E-state index in [4.69, 9.17) is 28.6 Å². The first-order chi connectivity index (χ1) is 23.6. The van der Waals surface area contributed by atoms with E-state index in [0.717, 1.165) is 35.9 Å². The summed E-state index contributed by atoms with van der Waals surface area (Å²) in [5.74, 6) is -2.22. The average molecular weight is 677 g/mol. The molecule has 0 aliphatic carbocycles. The van der Waals surface area contributed by atoms with Gasteiger partial charge in [0.2, 0.25) is 12.4 Å². The van der Waals surface area contributed by atoms with Gasteiger partial charge in [-0.2, -0.15) is 4.73 Å². The van der Waals surface area contributed by atoms with Crippen molar-refractivity contribution in [2.45, 2.75) is 69.7 Å². The first-order valence-electron chi connectivity index (χ1n) is 15.9. The fraction of sp³-hybridized carbons (Fsp3) is 0.343. The number of aliphatic hydroxyl groups excluding tert-OH is 2. The number of carboxylic acids is 1. The van der Waals surface area contributed by atoms with Gasteiger partial charge in [-0.25, -0.2) is 0 Å². The molecule has 0 radical (unpaired) electrons. The highest BCUT2D eigenvalue weighted by molar-refractivity contribution is 5.90. The first kappa shape index (κ1) is 33.6. The third kappa shape index (κ3) is 7.26. The van der Waals surface area contributed by atoms with E-state index in [2.05, 4.69) is 11.9 Å². The second kappa shape index (κ2) is 14.4. The van der Waals surface area contributed by atoms with Gasteiger partial charge in [0.15, 0.2) is 5.43 Å². The van der Waals surface area contributed by atoms with Crippen LogP contribution in [0.25, 0.3) is 33.0 Å². The van der Waals surface area contributed by atoms with E-state index >= 15 is 0 Å². The van der Waals surface area contributed by atoms with Crippen LogP contribution in [0.4, 0.5) is 0 Å². The van der Waals surface area contributed by atoms with Crippen molar-refractivity contribution in [2.24, 2.45) is 0 Å². The van der Waals surface area contributed by atoms with Crippen molar-refractivity contribution in [3.8, 4) is 22.6 Å². The topological polar surface area (TPSA) is 203 Å². The lowest BCUT2D eigenvalue weighted by Gasteiger charge is -2.41. The Morgan fingerprint density at radius 2 is 1.84 bits per heavy atom. The molecule has 14 nitrogen and oxygen atoms in total. The fourth-order valence-corrected chi connectivity index (χ4v) is 5.81. The molecule has 3 aromatic heterocycles. The van der Waals surface area contributed by atoms with Gasteiger partial charge in [0.1, 0.15) is 54.7 Å². The SMILES string of the molecule is CCCCCc1c2[nH]ccc2cn1O[C@@H]1[C@@H](Oc2ccc3c(=O)c(-c4ccc(O)cc4)coc3c2)O[C@@H](COC(=O)CC(=O)O)[C@H](O)[C@H]1O. The predicted octanol–water partition coefficient (Wildman–Crippen LogP) is 3.52. The van der Waals surface area contributed by atoms with E-state index in [1.54, 1.807) is 18.3 Å². The molecule has 0 unspecified atom stereocenters. The van der Waals surface area contributed by atoms with Crippen LogP contribution in [0, 0.1) is 0 Å². The summed E-state index contributed by atoms with van der Waals surface area (Å²) in [5, 5.41) is 42.0. The molecule has 14 heteroatoms. The van der Waals surface area contributed by atoms with E-state index in [1.807, 2.05) is 12.3 Å².